The van der Waals surface area contributed by atoms with Gasteiger partial charge in [0.15, 0.2) is 0 Å². The van der Waals surface area contributed by atoms with Gasteiger partial charge in [0, 0.05) is 10.0 Å². The van der Waals surface area contributed by atoms with Gasteiger partial charge in [-0.2, -0.15) is 0 Å². The summed E-state index contributed by atoms with van der Waals surface area (Å²) in [5.41, 5.74) is 5.80. The molecule has 0 fully saturated rings. The first kappa shape index (κ1) is 12.3. The van der Waals surface area contributed by atoms with Gasteiger partial charge in [-0.25, -0.2) is 0 Å². The third-order valence-corrected chi connectivity index (χ3v) is 2.59. The summed E-state index contributed by atoms with van der Waals surface area (Å²) in [6, 6.07) is 1.97. The Hall–Kier alpha value is -0.780. The highest BCUT2D eigenvalue weighted by molar-refractivity contribution is 9.10. The van der Waals surface area contributed by atoms with E-state index in [2.05, 4.69) is 20.7 Å². The van der Waals surface area contributed by atoms with E-state index >= 15 is 0 Å². The van der Waals surface area contributed by atoms with Crippen LogP contribution < -0.4 is 5.73 Å². The van der Waals surface area contributed by atoms with Crippen LogP contribution in [0, 0.1) is 0 Å². The zero-order valence-electron chi connectivity index (χ0n) is 7.83. The van der Waals surface area contributed by atoms with Crippen molar-refractivity contribution in [1.29, 1.82) is 0 Å². The average Bonchev–Trinajstić information content (AvgIpc) is 2.21. The van der Waals surface area contributed by atoms with Gasteiger partial charge in [-0.1, -0.05) is 27.5 Å². The molecule has 0 aliphatic rings. The Morgan fingerprint density at radius 2 is 2.27 bits per heavy atom. The van der Waals surface area contributed by atoms with Crippen molar-refractivity contribution in [3.63, 3.8) is 0 Å². The van der Waals surface area contributed by atoms with E-state index in [1.165, 1.54) is 19.2 Å². The number of phenolic OH excluding ortho intramolecular Hbond substituents is 1. The first-order valence-electron chi connectivity index (χ1n) is 3.98. The standard InChI is InChI=1S/C9H9BrClNO3/c1-15-9(14)7(12)5-2-4(10)3-6(11)8(5)13/h2-3,7,13H,12H2,1H3/t7-/m0/s1. The highest BCUT2D eigenvalue weighted by Crippen LogP contribution is 2.34. The molecule has 1 aromatic rings. The molecule has 0 amide bonds. The van der Waals surface area contributed by atoms with Crippen molar-refractivity contribution in [2.24, 2.45) is 5.73 Å². The second-order valence-corrected chi connectivity index (χ2v) is 4.15. The molecule has 1 aromatic carbocycles. The summed E-state index contributed by atoms with van der Waals surface area (Å²) in [5, 5.41) is 9.72. The van der Waals surface area contributed by atoms with Gasteiger partial charge < -0.3 is 15.6 Å². The van der Waals surface area contributed by atoms with Gasteiger partial charge in [0.2, 0.25) is 0 Å². The van der Waals surface area contributed by atoms with E-state index in [0.29, 0.717) is 4.47 Å². The molecule has 0 unspecified atom stereocenters. The molecule has 0 radical (unpaired) electrons. The average molecular weight is 295 g/mol. The molecule has 0 bridgehead atoms. The third-order valence-electron chi connectivity index (χ3n) is 1.85. The van der Waals surface area contributed by atoms with Crippen LogP contribution in [0.2, 0.25) is 5.02 Å². The molecule has 0 spiro atoms. The van der Waals surface area contributed by atoms with Crippen molar-refractivity contribution in [1.82, 2.24) is 0 Å². The van der Waals surface area contributed by atoms with Gasteiger partial charge in [0.1, 0.15) is 11.8 Å². The summed E-state index contributed by atoms with van der Waals surface area (Å²) in [4.78, 5) is 11.2. The van der Waals surface area contributed by atoms with E-state index in [0.717, 1.165) is 0 Å². The Labute approximate surface area is 100 Å². The molecule has 4 nitrogen and oxygen atoms in total. The molecule has 82 valence electrons. The normalized spacial score (nSPS) is 12.3. The van der Waals surface area contributed by atoms with Gasteiger partial charge in [-0.15, -0.1) is 0 Å². The first-order valence-corrected chi connectivity index (χ1v) is 5.15. The molecule has 3 N–H and O–H groups in total. The molecule has 6 heteroatoms. The maximum atomic E-state index is 11.2. The topological polar surface area (TPSA) is 72.5 Å². The Bertz CT molecular complexity index is 397. The van der Waals surface area contributed by atoms with Gasteiger partial charge in [-0.3, -0.25) is 4.79 Å². The smallest absolute Gasteiger partial charge is 0.327 e. The summed E-state index contributed by atoms with van der Waals surface area (Å²) in [6.07, 6.45) is 0. The zero-order valence-corrected chi connectivity index (χ0v) is 10.2. The Morgan fingerprint density at radius 1 is 1.67 bits per heavy atom. The van der Waals surface area contributed by atoms with Crippen molar-refractivity contribution in [3.8, 4) is 5.75 Å². The second kappa shape index (κ2) is 4.83. The van der Waals surface area contributed by atoms with Crippen LogP contribution in [0.25, 0.3) is 0 Å². The maximum Gasteiger partial charge on any atom is 0.327 e. The number of halogens is 2. The van der Waals surface area contributed by atoms with E-state index in [1.807, 2.05) is 0 Å². The monoisotopic (exact) mass is 293 g/mol. The van der Waals surface area contributed by atoms with Crippen LogP contribution >= 0.6 is 27.5 Å². The number of carbonyl (C=O) groups is 1. The molecule has 0 saturated carbocycles. The van der Waals surface area contributed by atoms with Gasteiger partial charge in [0.25, 0.3) is 0 Å². The second-order valence-electron chi connectivity index (χ2n) is 2.83. The summed E-state index contributed by atoms with van der Waals surface area (Å²) < 4.78 is 5.09. The molecular formula is C9H9BrClNO3. The number of methoxy groups -OCH3 is 1. The molecule has 1 atom stereocenters. The molecular weight excluding hydrogens is 285 g/mol. The molecule has 1 rings (SSSR count). The van der Waals surface area contributed by atoms with Crippen LogP contribution in [0.1, 0.15) is 11.6 Å². The maximum absolute atomic E-state index is 11.2. The highest BCUT2D eigenvalue weighted by atomic mass is 79.9. The fourth-order valence-corrected chi connectivity index (χ4v) is 1.91. The minimum absolute atomic E-state index is 0.124. The number of ether oxygens (including phenoxy) is 1. The van der Waals surface area contributed by atoms with Gasteiger partial charge in [-0.05, 0) is 12.1 Å². The van der Waals surface area contributed by atoms with Crippen molar-refractivity contribution in [2.45, 2.75) is 6.04 Å². The lowest BCUT2D eigenvalue weighted by Gasteiger charge is -2.12. The number of benzene rings is 1. The number of hydrogen-bond acceptors (Lipinski definition) is 4. The van der Waals surface area contributed by atoms with Crippen LogP contribution in [0.15, 0.2) is 16.6 Å². The number of carbonyl (C=O) groups excluding carboxylic acids is 1. The predicted octanol–water partition coefficient (Wildman–Crippen LogP) is 1.98. The third kappa shape index (κ3) is 2.62. The number of rotatable bonds is 2. The lowest BCUT2D eigenvalue weighted by Crippen LogP contribution is -2.22. The van der Waals surface area contributed by atoms with E-state index in [-0.39, 0.29) is 16.3 Å². The zero-order chi connectivity index (χ0) is 11.6. The lowest BCUT2D eigenvalue weighted by atomic mass is 10.1. The van der Waals surface area contributed by atoms with Crippen LogP contribution in [0.4, 0.5) is 0 Å². The molecule has 0 aliphatic heterocycles. The van der Waals surface area contributed by atoms with Crippen LogP contribution in [-0.2, 0) is 9.53 Å². The molecule has 0 aromatic heterocycles. The largest absolute Gasteiger partial charge is 0.506 e. The summed E-state index contributed by atoms with van der Waals surface area (Å²) >= 11 is 8.91. The number of nitrogens with two attached hydrogens (primary N) is 1. The lowest BCUT2D eigenvalue weighted by molar-refractivity contribution is -0.142. The van der Waals surface area contributed by atoms with E-state index in [1.54, 1.807) is 0 Å². The Balaban J connectivity index is 3.19. The summed E-state index contributed by atoms with van der Waals surface area (Å²) in [6.45, 7) is 0. The van der Waals surface area contributed by atoms with Crippen molar-refractivity contribution in [2.75, 3.05) is 7.11 Å². The molecule has 0 heterocycles. The molecule has 0 saturated heterocycles. The van der Waals surface area contributed by atoms with E-state index in [4.69, 9.17) is 17.3 Å². The Kier molecular flexibility index (Phi) is 3.96. The van der Waals surface area contributed by atoms with Crippen molar-refractivity contribution >= 4 is 33.5 Å². The van der Waals surface area contributed by atoms with Crippen LogP contribution in [0.3, 0.4) is 0 Å². The molecule has 0 aliphatic carbocycles. The van der Waals surface area contributed by atoms with Gasteiger partial charge in [0.05, 0.1) is 12.1 Å². The van der Waals surface area contributed by atoms with Crippen molar-refractivity contribution in [3.05, 3.63) is 27.2 Å². The SMILES string of the molecule is COC(=O)[C@@H](N)c1cc(Br)cc(Cl)c1O. The van der Waals surface area contributed by atoms with Gasteiger partial charge >= 0.3 is 5.97 Å². The number of phenols is 1. The number of aromatic hydroxyl groups is 1. The Morgan fingerprint density at radius 3 is 2.80 bits per heavy atom. The quantitative estimate of drug-likeness (QED) is 0.818. The van der Waals surface area contributed by atoms with Crippen LogP contribution in [-0.4, -0.2) is 18.2 Å². The summed E-state index contributed by atoms with van der Waals surface area (Å²) in [5.74, 6) is -0.850. The fraction of sp³-hybridized carbons (Fsp3) is 0.222. The number of esters is 1. The fourth-order valence-electron chi connectivity index (χ4n) is 1.08. The molecule has 15 heavy (non-hydrogen) atoms. The number of hydrogen-bond donors (Lipinski definition) is 2. The van der Waals surface area contributed by atoms with E-state index in [9.17, 15) is 9.90 Å². The first-order chi connectivity index (χ1) is 6.97. The highest BCUT2D eigenvalue weighted by Gasteiger charge is 2.21. The van der Waals surface area contributed by atoms with E-state index < -0.39 is 12.0 Å². The minimum Gasteiger partial charge on any atom is -0.506 e. The minimum atomic E-state index is -1.05. The van der Waals surface area contributed by atoms with Crippen LogP contribution in [0.5, 0.6) is 5.75 Å². The predicted molar refractivity (Wildman–Crippen MR) is 59.8 cm³/mol. The van der Waals surface area contributed by atoms with Crippen molar-refractivity contribution < 1.29 is 14.6 Å². The summed E-state index contributed by atoms with van der Waals surface area (Å²) in [7, 11) is 1.22.